The topological polar surface area (TPSA) is 105 Å². The van der Waals surface area contributed by atoms with Gasteiger partial charge in [-0.25, -0.2) is 14.5 Å². The van der Waals surface area contributed by atoms with Gasteiger partial charge in [0.1, 0.15) is 11.2 Å². The lowest BCUT2D eigenvalue weighted by Crippen LogP contribution is -2.44. The summed E-state index contributed by atoms with van der Waals surface area (Å²) < 4.78 is 10.4. The zero-order valence-corrected chi connectivity index (χ0v) is 24.2. The van der Waals surface area contributed by atoms with Crippen LogP contribution in [-0.4, -0.2) is 52.4 Å². The maximum atomic E-state index is 12.3. The molecule has 2 aromatic rings. The molecule has 10 heteroatoms. The zero-order chi connectivity index (χ0) is 28.7. The van der Waals surface area contributed by atoms with E-state index in [9.17, 15) is 19.5 Å². The summed E-state index contributed by atoms with van der Waals surface area (Å²) in [5.41, 5.74) is 2.01. The van der Waals surface area contributed by atoms with Crippen LogP contribution >= 0.6 is 23.2 Å². The van der Waals surface area contributed by atoms with E-state index in [0.717, 1.165) is 21.6 Å². The number of alkyl carbamates (subject to hydrolysis) is 1. The molecule has 1 heterocycles. The van der Waals surface area contributed by atoms with Crippen LogP contribution in [0.2, 0.25) is 10.0 Å². The van der Waals surface area contributed by atoms with Crippen molar-refractivity contribution < 1.29 is 29.0 Å². The van der Waals surface area contributed by atoms with Crippen molar-refractivity contribution in [2.45, 2.75) is 72.2 Å². The number of halogens is 2. The smallest absolute Gasteiger partial charge is 0.417 e. The number of carbonyl (C=O) groups is 3. The summed E-state index contributed by atoms with van der Waals surface area (Å²) in [6.07, 6.45) is 0.194. The Morgan fingerprint density at radius 1 is 0.947 bits per heavy atom. The molecule has 0 aliphatic carbocycles. The molecule has 3 amide bonds. The Hall–Kier alpha value is -2.81. The number of rotatable bonds is 4. The second-order valence-electron chi connectivity index (χ2n) is 10.7. The van der Waals surface area contributed by atoms with E-state index < -0.39 is 23.4 Å². The maximum absolute atomic E-state index is 12.3. The van der Waals surface area contributed by atoms with Crippen molar-refractivity contribution in [3.63, 3.8) is 0 Å². The molecule has 0 fully saturated rings. The van der Waals surface area contributed by atoms with E-state index in [0.29, 0.717) is 41.5 Å². The minimum Gasteiger partial charge on any atom is -0.444 e. The lowest BCUT2D eigenvalue weighted by Gasteiger charge is -2.29. The van der Waals surface area contributed by atoms with Gasteiger partial charge < -0.3 is 19.9 Å². The molecular weight excluding hydrogens is 531 g/mol. The van der Waals surface area contributed by atoms with Gasteiger partial charge in [-0.1, -0.05) is 35.3 Å². The average Bonchev–Trinajstić information content (AvgIpc) is 2.78. The fraction of sp³-hybridized carbons (Fsp3) is 0.464. The number of hydrogen-bond acceptors (Lipinski definition) is 6. The van der Waals surface area contributed by atoms with E-state index in [-0.39, 0.29) is 12.5 Å². The molecule has 0 aromatic heterocycles. The van der Waals surface area contributed by atoms with Crippen LogP contribution in [0.4, 0.5) is 9.59 Å². The molecule has 0 bridgehead atoms. The summed E-state index contributed by atoms with van der Waals surface area (Å²) in [5, 5.41) is 13.0. The van der Waals surface area contributed by atoms with E-state index >= 15 is 0 Å². The van der Waals surface area contributed by atoms with Crippen LogP contribution in [0.5, 0.6) is 0 Å². The summed E-state index contributed by atoms with van der Waals surface area (Å²) in [6.45, 7) is 11.5. The van der Waals surface area contributed by atoms with Crippen LogP contribution < -0.4 is 5.32 Å². The van der Waals surface area contributed by atoms with E-state index in [2.05, 4.69) is 5.32 Å². The predicted molar refractivity (Wildman–Crippen MR) is 148 cm³/mol. The number of benzene rings is 2. The van der Waals surface area contributed by atoms with Gasteiger partial charge in [-0.05, 0) is 95.3 Å². The van der Waals surface area contributed by atoms with Crippen LogP contribution in [0, 0.1) is 0 Å². The third-order valence-electron chi connectivity index (χ3n) is 5.17. The number of fused-ring (bicyclic) bond motifs is 1. The van der Waals surface area contributed by atoms with Gasteiger partial charge in [0.25, 0.3) is 5.91 Å². The molecule has 0 spiro atoms. The van der Waals surface area contributed by atoms with E-state index in [1.165, 1.54) is 0 Å². The second-order valence-corrected chi connectivity index (χ2v) is 11.6. The Bertz CT molecular complexity index is 1160. The molecule has 1 aliphatic rings. The van der Waals surface area contributed by atoms with Crippen molar-refractivity contribution in [3.05, 3.63) is 68.7 Å². The second kappa shape index (κ2) is 13.3. The Balaban J connectivity index is 0.000000267. The highest BCUT2D eigenvalue weighted by atomic mass is 35.5. The fourth-order valence-electron chi connectivity index (χ4n) is 3.54. The number of amides is 3. The number of hydrogen-bond donors (Lipinski definition) is 2. The van der Waals surface area contributed by atoms with Gasteiger partial charge in [0.05, 0.1) is 6.61 Å². The summed E-state index contributed by atoms with van der Waals surface area (Å²) >= 11 is 11.7. The highest BCUT2D eigenvalue weighted by molar-refractivity contribution is 6.31. The largest absolute Gasteiger partial charge is 0.444 e. The minimum absolute atomic E-state index is 0.0671. The number of nitrogens with zero attached hydrogens (tertiary/aromatic N) is 1. The standard InChI is InChI=1S/C14H16ClNO3.C14H20ClNO3/c1-14(2,3)19-13(18)16-7-6-9-4-5-10(15)8-11(9)12(16)17;1-14(2,3)19-13(18)16-7-6-10-4-5-12(15)8-11(10)9-17/h4-5,8H,6-7H2,1-3H3;4-5,8,17H,6-7,9H2,1-3H3,(H,16,18). The third kappa shape index (κ3) is 10.2. The fourth-order valence-corrected chi connectivity index (χ4v) is 3.90. The average molecular weight is 568 g/mol. The number of imide groups is 1. The van der Waals surface area contributed by atoms with Crippen LogP contribution in [0.15, 0.2) is 36.4 Å². The molecule has 2 aromatic carbocycles. The van der Waals surface area contributed by atoms with Gasteiger partial charge in [-0.2, -0.15) is 0 Å². The molecule has 0 saturated heterocycles. The van der Waals surface area contributed by atoms with Crippen molar-refractivity contribution >= 4 is 41.3 Å². The van der Waals surface area contributed by atoms with Gasteiger partial charge >= 0.3 is 12.2 Å². The van der Waals surface area contributed by atoms with Crippen molar-refractivity contribution in [3.8, 4) is 0 Å². The summed E-state index contributed by atoms with van der Waals surface area (Å²) in [6, 6.07) is 10.5. The van der Waals surface area contributed by atoms with Crippen LogP contribution in [0.3, 0.4) is 0 Å². The van der Waals surface area contributed by atoms with Gasteiger partial charge in [0.2, 0.25) is 0 Å². The van der Waals surface area contributed by atoms with Crippen molar-refractivity contribution in [1.82, 2.24) is 10.2 Å². The number of aliphatic hydroxyl groups excluding tert-OH is 1. The van der Waals surface area contributed by atoms with Crippen molar-refractivity contribution in [1.29, 1.82) is 0 Å². The van der Waals surface area contributed by atoms with Gasteiger partial charge in [0.15, 0.2) is 0 Å². The molecule has 0 unspecified atom stereocenters. The molecule has 0 atom stereocenters. The summed E-state index contributed by atoms with van der Waals surface area (Å²) in [4.78, 5) is 36.8. The minimum atomic E-state index is -0.619. The number of ether oxygens (including phenoxy) is 2. The SMILES string of the molecule is CC(C)(C)OC(=O)N1CCc2ccc(Cl)cc2C1=O.CC(C)(C)OC(=O)NCCc1ccc(Cl)cc1CO. The maximum Gasteiger partial charge on any atom is 0.417 e. The van der Waals surface area contributed by atoms with E-state index in [1.54, 1.807) is 45.0 Å². The lowest BCUT2D eigenvalue weighted by molar-refractivity contribution is 0.0233. The normalized spacial score (nSPS) is 13.2. The Morgan fingerprint density at radius 2 is 1.55 bits per heavy atom. The number of aliphatic hydroxyl groups is 1. The molecule has 3 rings (SSSR count). The van der Waals surface area contributed by atoms with Gasteiger partial charge in [-0.15, -0.1) is 0 Å². The van der Waals surface area contributed by atoms with Gasteiger partial charge in [0, 0.05) is 28.7 Å². The molecule has 8 nitrogen and oxygen atoms in total. The molecule has 1 aliphatic heterocycles. The predicted octanol–water partition coefficient (Wildman–Crippen LogP) is 6.17. The first-order chi connectivity index (χ1) is 17.6. The summed E-state index contributed by atoms with van der Waals surface area (Å²) in [7, 11) is 0. The Kier molecular flexibility index (Phi) is 11.0. The molecule has 38 heavy (non-hydrogen) atoms. The monoisotopic (exact) mass is 566 g/mol. The first kappa shape index (κ1) is 31.4. The van der Waals surface area contributed by atoms with Crippen LogP contribution in [0.1, 0.15) is 68.6 Å². The molecule has 0 radical (unpaired) electrons. The molecule has 2 N–H and O–H groups in total. The Morgan fingerprint density at radius 3 is 2.16 bits per heavy atom. The quantitative estimate of drug-likeness (QED) is 0.458. The highest BCUT2D eigenvalue weighted by Crippen LogP contribution is 2.24. The van der Waals surface area contributed by atoms with Crippen LogP contribution in [0.25, 0.3) is 0 Å². The zero-order valence-electron chi connectivity index (χ0n) is 22.7. The first-order valence-corrected chi connectivity index (χ1v) is 13.0. The molecular formula is C28H36Cl2N2O6. The lowest BCUT2D eigenvalue weighted by atomic mass is 9.99. The third-order valence-corrected chi connectivity index (χ3v) is 5.64. The van der Waals surface area contributed by atoms with Crippen molar-refractivity contribution in [2.75, 3.05) is 13.1 Å². The van der Waals surface area contributed by atoms with Crippen molar-refractivity contribution in [2.24, 2.45) is 0 Å². The highest BCUT2D eigenvalue weighted by Gasteiger charge is 2.32. The molecule has 0 saturated carbocycles. The Labute approximate surface area is 234 Å². The first-order valence-electron chi connectivity index (χ1n) is 12.3. The van der Waals surface area contributed by atoms with E-state index in [4.69, 9.17) is 32.7 Å². The number of carbonyl (C=O) groups excluding carboxylic acids is 3. The van der Waals surface area contributed by atoms with Crippen LogP contribution in [-0.2, 0) is 28.9 Å². The summed E-state index contributed by atoms with van der Waals surface area (Å²) in [5.74, 6) is -0.349. The molecule has 208 valence electrons. The van der Waals surface area contributed by atoms with Gasteiger partial charge in [-0.3, -0.25) is 4.79 Å². The number of nitrogens with one attached hydrogen (secondary N) is 1. The van der Waals surface area contributed by atoms with E-state index in [1.807, 2.05) is 32.9 Å².